The van der Waals surface area contributed by atoms with Gasteiger partial charge in [-0.25, -0.2) is 0 Å². The lowest BCUT2D eigenvalue weighted by Crippen LogP contribution is -2.68. The number of amides is 1. The average Bonchev–Trinajstić information content (AvgIpc) is 3.50. The number of hydrogen-bond donors (Lipinski definition) is 2. The van der Waals surface area contributed by atoms with Crippen molar-refractivity contribution in [3.63, 3.8) is 0 Å². The van der Waals surface area contributed by atoms with E-state index in [1.54, 1.807) is 0 Å². The van der Waals surface area contributed by atoms with Gasteiger partial charge < -0.3 is 34.7 Å². The Balaban J connectivity index is 1.28. The fraction of sp³-hybridized carbons (Fsp3) is 0.860. The number of fused-ring (bicyclic) bond motifs is 7. The number of carbonyl (C=O) groups excluding carboxylic acids is 4. The molecule has 1 aliphatic heterocycles. The molecule has 0 spiro atoms. The Kier molecular flexibility index (Phi) is 11.5. The largest absolute Gasteiger partial charge is 0.465 e. The van der Waals surface area contributed by atoms with E-state index in [-0.39, 0.29) is 71.1 Å². The molecule has 54 heavy (non-hydrogen) atoms. The van der Waals surface area contributed by atoms with E-state index in [9.17, 15) is 19.2 Å². The lowest BCUT2D eigenvalue weighted by Gasteiger charge is -2.73. The van der Waals surface area contributed by atoms with Crippen LogP contribution in [0, 0.1) is 56.7 Å². The predicted molar refractivity (Wildman–Crippen MR) is 202 cm³/mol. The lowest BCUT2D eigenvalue weighted by atomic mass is 9.32. The summed E-state index contributed by atoms with van der Waals surface area (Å²) in [5.74, 6) is 0.696. The van der Waals surface area contributed by atoms with E-state index in [2.05, 4.69) is 46.5 Å². The molecule has 11 heteroatoms. The minimum Gasteiger partial charge on any atom is -0.465 e. The second-order valence-electron chi connectivity index (χ2n) is 19.1. The summed E-state index contributed by atoms with van der Waals surface area (Å²) in [6.45, 7) is 21.9. The van der Waals surface area contributed by atoms with Gasteiger partial charge in [0, 0.05) is 45.7 Å². The first-order valence-corrected chi connectivity index (χ1v) is 20.7. The summed E-state index contributed by atoms with van der Waals surface area (Å²) in [5, 5.41) is 3.23. The monoisotopic (exact) mass is 756 g/mol. The van der Waals surface area contributed by atoms with E-state index in [1.165, 1.54) is 26.3 Å². The van der Waals surface area contributed by atoms with E-state index < -0.39 is 35.9 Å². The van der Waals surface area contributed by atoms with Crippen LogP contribution in [0.3, 0.4) is 0 Å². The molecule has 304 valence electrons. The summed E-state index contributed by atoms with van der Waals surface area (Å²) in [6.07, 6.45) is 7.77. The van der Waals surface area contributed by atoms with Crippen LogP contribution in [0.25, 0.3) is 0 Å². The van der Waals surface area contributed by atoms with Crippen LogP contribution in [0.4, 0.5) is 0 Å². The highest BCUT2D eigenvalue weighted by molar-refractivity contribution is 5.84. The Morgan fingerprint density at radius 2 is 1.50 bits per heavy atom. The van der Waals surface area contributed by atoms with Crippen LogP contribution in [0.2, 0.25) is 0 Å². The molecular formula is C43H68N2O9. The topological polar surface area (TPSA) is 152 Å². The molecule has 5 aliphatic carbocycles. The number of hydrogen-bond acceptors (Lipinski definition) is 10. The van der Waals surface area contributed by atoms with Crippen LogP contribution in [0.5, 0.6) is 0 Å². The molecule has 6 fully saturated rings. The molecule has 1 amide bonds. The third-order valence-corrected chi connectivity index (χ3v) is 16.5. The molecule has 0 aromatic carbocycles. The van der Waals surface area contributed by atoms with Gasteiger partial charge >= 0.3 is 17.9 Å². The Bertz CT molecular complexity index is 1490. The quantitative estimate of drug-likeness (QED) is 0.113. The summed E-state index contributed by atoms with van der Waals surface area (Å²) >= 11 is 0. The van der Waals surface area contributed by atoms with Crippen molar-refractivity contribution >= 4 is 23.8 Å². The predicted octanol–water partition coefficient (Wildman–Crippen LogP) is 6.26. The molecule has 1 saturated heterocycles. The van der Waals surface area contributed by atoms with Gasteiger partial charge in [-0.1, -0.05) is 39.8 Å². The van der Waals surface area contributed by atoms with Crippen molar-refractivity contribution in [1.82, 2.24) is 5.32 Å². The number of allylic oxidation sites excluding steroid dienone is 1. The summed E-state index contributed by atoms with van der Waals surface area (Å²) in [6, 6.07) is 0. The van der Waals surface area contributed by atoms with Gasteiger partial charge in [0.05, 0.1) is 24.7 Å². The molecule has 4 unspecified atom stereocenters. The van der Waals surface area contributed by atoms with Crippen LogP contribution in [-0.2, 0) is 42.9 Å². The Hall–Kier alpha value is -2.50. The zero-order valence-corrected chi connectivity index (χ0v) is 34.3. The van der Waals surface area contributed by atoms with Crippen molar-refractivity contribution in [3.8, 4) is 0 Å². The fourth-order valence-electron chi connectivity index (χ4n) is 14.0. The molecule has 14 atom stereocenters. The Morgan fingerprint density at radius 3 is 2.15 bits per heavy atom. The highest BCUT2D eigenvalue weighted by atomic mass is 16.7. The second kappa shape index (κ2) is 15.1. The first kappa shape index (κ1) is 41.1. The number of carbonyl (C=O) groups is 4. The number of esters is 3. The maximum atomic E-state index is 14.1. The molecule has 5 saturated carbocycles. The average molecular weight is 757 g/mol. The number of nitrogens with two attached hydrogens (primary N) is 1. The number of rotatable bonds is 10. The zero-order valence-electron chi connectivity index (χ0n) is 34.3. The summed E-state index contributed by atoms with van der Waals surface area (Å²) in [4.78, 5) is 50.3. The van der Waals surface area contributed by atoms with E-state index in [0.717, 1.165) is 64.2 Å². The van der Waals surface area contributed by atoms with Gasteiger partial charge in [-0.05, 0) is 117 Å². The molecule has 0 radical (unpaired) electrons. The summed E-state index contributed by atoms with van der Waals surface area (Å²) in [7, 11) is 0. The van der Waals surface area contributed by atoms with Gasteiger partial charge in [0.15, 0.2) is 12.4 Å². The van der Waals surface area contributed by atoms with Crippen LogP contribution in [0.1, 0.15) is 126 Å². The molecule has 0 bridgehead atoms. The Morgan fingerprint density at radius 1 is 0.796 bits per heavy atom. The lowest BCUT2D eigenvalue weighted by molar-refractivity contribution is -0.293. The van der Waals surface area contributed by atoms with Gasteiger partial charge in [0.1, 0.15) is 6.10 Å². The van der Waals surface area contributed by atoms with E-state index in [1.807, 2.05) is 0 Å². The van der Waals surface area contributed by atoms with Crippen molar-refractivity contribution in [2.75, 3.05) is 26.3 Å². The van der Waals surface area contributed by atoms with Gasteiger partial charge in [0.2, 0.25) is 5.91 Å². The third-order valence-electron chi connectivity index (χ3n) is 16.5. The maximum Gasteiger partial charge on any atom is 0.303 e. The summed E-state index contributed by atoms with van der Waals surface area (Å²) in [5.41, 5.74) is 6.30. The first-order chi connectivity index (χ1) is 25.4. The van der Waals surface area contributed by atoms with Gasteiger partial charge in [-0.3, -0.25) is 19.2 Å². The molecular weight excluding hydrogens is 688 g/mol. The van der Waals surface area contributed by atoms with Crippen LogP contribution >= 0.6 is 0 Å². The maximum absolute atomic E-state index is 14.1. The molecule has 6 aliphatic rings. The molecule has 11 nitrogen and oxygen atoms in total. The Labute approximate surface area is 322 Å². The van der Waals surface area contributed by atoms with Crippen molar-refractivity contribution in [2.45, 2.75) is 151 Å². The molecule has 0 aromatic heterocycles. The highest BCUT2D eigenvalue weighted by Gasteiger charge is 2.72. The van der Waals surface area contributed by atoms with Crippen LogP contribution < -0.4 is 11.1 Å². The number of nitrogens with one attached hydrogen (secondary N) is 1. The van der Waals surface area contributed by atoms with Crippen LogP contribution in [-0.4, -0.2) is 74.7 Å². The molecule has 0 aromatic rings. The van der Waals surface area contributed by atoms with Crippen molar-refractivity contribution in [1.29, 1.82) is 0 Å². The zero-order chi connectivity index (χ0) is 39.4. The second-order valence-corrected chi connectivity index (χ2v) is 19.1. The van der Waals surface area contributed by atoms with Crippen molar-refractivity contribution in [2.24, 2.45) is 62.4 Å². The van der Waals surface area contributed by atoms with Gasteiger partial charge in [-0.2, -0.15) is 0 Å². The van der Waals surface area contributed by atoms with Crippen molar-refractivity contribution < 1.29 is 42.9 Å². The minimum atomic E-state index is -0.707. The highest BCUT2D eigenvalue weighted by Crippen LogP contribution is 2.77. The molecule has 1 heterocycles. The molecule has 3 N–H and O–H groups in total. The summed E-state index contributed by atoms with van der Waals surface area (Å²) < 4.78 is 29.9. The SMILES string of the molecule is C=C(C)[C@@H]1CC[C@]2(C(=O)NCCN)CC[C@]3(C)C(CCC4[C@@]5(C)CC[C@H](O[C@H]6C[C@@H](OC(C)=O)[C@@H](OC(C)=O)CO6)[C@@](C)(COC(C)=O)C5CC[C@]43C)C12. The number of ether oxygens (including phenoxy) is 5. The van der Waals surface area contributed by atoms with E-state index in [4.69, 9.17) is 29.4 Å². The van der Waals surface area contributed by atoms with E-state index >= 15 is 0 Å². The smallest absolute Gasteiger partial charge is 0.303 e. The minimum absolute atomic E-state index is 0.0275. The fourth-order valence-corrected chi connectivity index (χ4v) is 14.0. The van der Waals surface area contributed by atoms with Gasteiger partial charge in [0.25, 0.3) is 0 Å². The first-order valence-electron chi connectivity index (χ1n) is 20.7. The normalized spacial score (nSPS) is 45.4. The van der Waals surface area contributed by atoms with Crippen LogP contribution in [0.15, 0.2) is 12.2 Å². The third kappa shape index (κ3) is 6.73. The standard InChI is InChI=1S/C43H68N2O9/c1-25(2)29-12-17-43(38(49)45-21-20-44)19-18-41(8)30(37(29)43)10-11-34-39(6)15-14-35(40(7,24-51-26(3)46)33(39)13-16-42(34,41)9)54-36-22-31(52-27(4)47)32(23-50-36)53-28(5)48/h29-37H,1,10-24,44H2,2-9H3,(H,45,49)/t29-,30?,31+,32-,33?,34?,35-,36-,37?,39-,40-,41+,42+,43-/m0/s1. The van der Waals surface area contributed by atoms with Crippen molar-refractivity contribution in [3.05, 3.63) is 12.2 Å². The van der Waals surface area contributed by atoms with E-state index in [0.29, 0.717) is 30.8 Å². The molecule has 6 rings (SSSR count). The van der Waals surface area contributed by atoms with Gasteiger partial charge in [-0.15, -0.1) is 0 Å².